The van der Waals surface area contributed by atoms with Gasteiger partial charge in [-0.25, -0.2) is 0 Å². The van der Waals surface area contributed by atoms with Gasteiger partial charge in [0, 0.05) is 48.8 Å². The Labute approximate surface area is 444 Å². The van der Waals surface area contributed by atoms with Crippen molar-refractivity contribution in [1.82, 2.24) is 9.13 Å². The third-order valence-electron chi connectivity index (χ3n) is 16.3. The first-order valence-corrected chi connectivity index (χ1v) is 28.4. The highest BCUT2D eigenvalue weighted by Gasteiger charge is 2.45. The third kappa shape index (κ3) is 6.38. The number of benzene rings is 12. The molecule has 5 heteroatoms. The lowest BCUT2D eigenvalue weighted by molar-refractivity contribution is 0.669. The molecule has 4 aromatic heterocycles. The van der Waals surface area contributed by atoms with Gasteiger partial charge in [-0.3, -0.25) is 0 Å². The topological polar surface area (TPSA) is 36.1 Å². The van der Waals surface area contributed by atoms with Crippen molar-refractivity contribution in [3.8, 4) is 33.6 Å². The van der Waals surface area contributed by atoms with Gasteiger partial charge in [0.05, 0.1) is 27.8 Å². The standard InChI is InChI=1S/C72H46N2O2Si/c1-4-21-47(22-5-1)48-23-16-24-49(45-48)53-32-17-40-66-69(53)58-46-50(43-44-65(58)75-66)73-59-34-13-10-30-56(59)70-61(73)36-19-37-62(70)74-60-35-14-11-31-57(60)71-63(74)38-20-41-67(71)77(51-25-6-2-7-26-51,52-27-8-3-9-28-52)68-42-18-33-55-54-29-12-15-39-64(54)76-72(55)68/h1-46H. The van der Waals surface area contributed by atoms with Crippen LogP contribution in [-0.2, 0) is 0 Å². The fraction of sp³-hybridized carbons (Fsp3) is 0. The summed E-state index contributed by atoms with van der Waals surface area (Å²) in [5.74, 6) is 0. The van der Waals surface area contributed by atoms with Gasteiger partial charge in [0.25, 0.3) is 0 Å². The minimum absolute atomic E-state index is 0.861. The van der Waals surface area contributed by atoms with E-state index in [4.69, 9.17) is 8.83 Å². The van der Waals surface area contributed by atoms with Crippen LogP contribution in [-0.4, -0.2) is 17.2 Å². The van der Waals surface area contributed by atoms with Gasteiger partial charge >= 0.3 is 0 Å². The van der Waals surface area contributed by atoms with E-state index < -0.39 is 8.07 Å². The number of rotatable bonds is 8. The zero-order chi connectivity index (χ0) is 50.6. The Morgan fingerprint density at radius 3 is 1.60 bits per heavy atom. The molecule has 0 bridgehead atoms. The summed E-state index contributed by atoms with van der Waals surface area (Å²) in [7, 11) is -3.23. The van der Waals surface area contributed by atoms with Gasteiger partial charge in [0.2, 0.25) is 0 Å². The first-order chi connectivity index (χ1) is 38.2. The molecule has 0 fully saturated rings. The maximum Gasteiger partial charge on any atom is 0.184 e. The number of hydrogen-bond acceptors (Lipinski definition) is 2. The van der Waals surface area contributed by atoms with Crippen LogP contribution < -0.4 is 20.7 Å². The zero-order valence-corrected chi connectivity index (χ0v) is 42.8. The number of aromatic nitrogens is 2. The Morgan fingerprint density at radius 2 is 0.818 bits per heavy atom. The van der Waals surface area contributed by atoms with Crippen LogP contribution >= 0.6 is 0 Å². The number of furan rings is 2. The highest BCUT2D eigenvalue weighted by atomic mass is 28.3. The van der Waals surface area contributed by atoms with Crippen molar-refractivity contribution in [2.45, 2.75) is 0 Å². The number of para-hydroxylation sites is 4. The molecule has 4 heterocycles. The van der Waals surface area contributed by atoms with Gasteiger partial charge in [-0.05, 0) is 110 Å². The van der Waals surface area contributed by atoms with Crippen LogP contribution in [0.2, 0.25) is 0 Å². The predicted octanol–water partition coefficient (Wildman–Crippen LogP) is 16.4. The highest BCUT2D eigenvalue weighted by Crippen LogP contribution is 2.43. The van der Waals surface area contributed by atoms with Crippen molar-refractivity contribution in [2.75, 3.05) is 0 Å². The zero-order valence-electron chi connectivity index (χ0n) is 41.8. The maximum absolute atomic E-state index is 7.06. The molecule has 0 aliphatic carbocycles. The molecule has 12 aromatic carbocycles. The molecular weight excluding hydrogens is 953 g/mol. The monoisotopic (exact) mass is 998 g/mol. The normalized spacial score (nSPS) is 12.2. The van der Waals surface area contributed by atoms with E-state index in [0.29, 0.717) is 0 Å². The number of nitrogens with zero attached hydrogens (tertiary/aromatic N) is 2. The summed E-state index contributed by atoms with van der Waals surface area (Å²) < 4.78 is 18.7. The lowest BCUT2D eigenvalue weighted by Gasteiger charge is -2.35. The van der Waals surface area contributed by atoms with Crippen molar-refractivity contribution in [2.24, 2.45) is 0 Å². The number of fused-ring (bicyclic) bond motifs is 12. The van der Waals surface area contributed by atoms with Crippen molar-refractivity contribution in [3.63, 3.8) is 0 Å². The molecular formula is C72H46N2O2Si. The largest absolute Gasteiger partial charge is 0.456 e. The maximum atomic E-state index is 7.06. The minimum atomic E-state index is -3.23. The molecule has 0 spiro atoms. The molecule has 0 saturated heterocycles. The predicted molar refractivity (Wildman–Crippen MR) is 324 cm³/mol. The SMILES string of the molecule is c1ccc(-c2cccc(-c3cccc4oc5ccc(-n6c7ccccc7c7c(-n8c9ccccc9c9c([Si](c%10ccccc%10)(c%10ccccc%10)c%10cccc%11c%10oc%10ccccc%10%11)cccc98)cccc76)cc5c34)c2)cc1. The Balaban J connectivity index is 0.954. The molecule has 16 aromatic rings. The van der Waals surface area contributed by atoms with Gasteiger partial charge < -0.3 is 18.0 Å². The van der Waals surface area contributed by atoms with E-state index in [0.717, 1.165) is 88.4 Å². The summed E-state index contributed by atoms with van der Waals surface area (Å²) in [6.45, 7) is 0. The fourth-order valence-corrected chi connectivity index (χ4v) is 18.2. The molecule has 16 rings (SSSR count). The summed E-state index contributed by atoms with van der Waals surface area (Å²) in [5.41, 5.74) is 15.0. The molecule has 0 aliphatic heterocycles. The molecule has 0 N–H and O–H groups in total. The second kappa shape index (κ2) is 17.0. The highest BCUT2D eigenvalue weighted by molar-refractivity contribution is 7.21. The molecule has 0 aliphatic rings. The average Bonchev–Trinajstić information content (AvgIpc) is 4.36. The second-order valence-electron chi connectivity index (χ2n) is 20.2. The van der Waals surface area contributed by atoms with Crippen molar-refractivity contribution >= 4 is 116 Å². The van der Waals surface area contributed by atoms with E-state index in [9.17, 15) is 0 Å². The summed E-state index contributed by atoms with van der Waals surface area (Å²) >= 11 is 0. The average molecular weight is 999 g/mol. The summed E-state index contributed by atoms with van der Waals surface area (Å²) in [6.07, 6.45) is 0. The van der Waals surface area contributed by atoms with Crippen LogP contribution in [0.4, 0.5) is 0 Å². The summed E-state index contributed by atoms with van der Waals surface area (Å²) in [4.78, 5) is 0. The quantitative estimate of drug-likeness (QED) is 0.112. The summed E-state index contributed by atoms with van der Waals surface area (Å²) in [6, 6.07) is 102. The first kappa shape index (κ1) is 43.5. The van der Waals surface area contributed by atoms with Crippen LogP contribution in [0.3, 0.4) is 0 Å². The smallest absolute Gasteiger partial charge is 0.184 e. The second-order valence-corrected chi connectivity index (χ2v) is 24.0. The Hall–Kier alpha value is -9.94. The Morgan fingerprint density at radius 1 is 0.286 bits per heavy atom. The van der Waals surface area contributed by atoms with Crippen LogP contribution in [0, 0.1) is 0 Å². The van der Waals surface area contributed by atoms with E-state index in [1.165, 1.54) is 53.4 Å². The molecule has 0 atom stereocenters. The third-order valence-corrected chi connectivity index (χ3v) is 21.1. The molecule has 0 radical (unpaired) electrons. The van der Waals surface area contributed by atoms with E-state index >= 15 is 0 Å². The molecule has 360 valence electrons. The summed E-state index contributed by atoms with van der Waals surface area (Å²) in [5, 5.41) is 14.4. The van der Waals surface area contributed by atoms with Crippen LogP contribution in [0.25, 0.3) is 121 Å². The molecule has 0 amide bonds. The van der Waals surface area contributed by atoms with E-state index in [-0.39, 0.29) is 0 Å². The number of hydrogen-bond donors (Lipinski definition) is 0. The minimum Gasteiger partial charge on any atom is -0.456 e. The lowest BCUT2D eigenvalue weighted by Crippen LogP contribution is -2.75. The fourth-order valence-electron chi connectivity index (χ4n) is 13.1. The van der Waals surface area contributed by atoms with Gasteiger partial charge in [-0.1, -0.05) is 212 Å². The van der Waals surface area contributed by atoms with Crippen molar-refractivity contribution in [1.29, 1.82) is 0 Å². The molecule has 77 heavy (non-hydrogen) atoms. The molecule has 0 unspecified atom stereocenters. The van der Waals surface area contributed by atoms with Gasteiger partial charge in [-0.15, -0.1) is 0 Å². The van der Waals surface area contributed by atoms with Crippen LogP contribution in [0.15, 0.2) is 288 Å². The molecule has 0 saturated carbocycles. The van der Waals surface area contributed by atoms with E-state index in [2.05, 4.69) is 288 Å². The molecule has 4 nitrogen and oxygen atoms in total. The van der Waals surface area contributed by atoms with Gasteiger partial charge in [-0.2, -0.15) is 0 Å². The van der Waals surface area contributed by atoms with Crippen molar-refractivity contribution < 1.29 is 8.83 Å². The van der Waals surface area contributed by atoms with E-state index in [1.807, 2.05) is 0 Å². The van der Waals surface area contributed by atoms with Crippen LogP contribution in [0.1, 0.15) is 0 Å². The van der Waals surface area contributed by atoms with Gasteiger partial charge in [0.1, 0.15) is 22.3 Å². The van der Waals surface area contributed by atoms with Gasteiger partial charge in [0.15, 0.2) is 8.07 Å². The van der Waals surface area contributed by atoms with Crippen molar-refractivity contribution in [3.05, 3.63) is 279 Å². The van der Waals surface area contributed by atoms with Crippen LogP contribution in [0.5, 0.6) is 0 Å². The first-order valence-electron chi connectivity index (χ1n) is 26.4. The lowest BCUT2D eigenvalue weighted by atomic mass is 9.96. The Kier molecular flexibility index (Phi) is 9.62. The van der Waals surface area contributed by atoms with E-state index in [1.54, 1.807) is 0 Å². The Bertz CT molecular complexity index is 4950.